The highest BCUT2D eigenvalue weighted by atomic mass is 16.5. The van der Waals surface area contributed by atoms with Crippen LogP contribution in [0, 0.1) is 0 Å². The van der Waals surface area contributed by atoms with Crippen molar-refractivity contribution < 1.29 is 4.74 Å². The summed E-state index contributed by atoms with van der Waals surface area (Å²) in [5.41, 5.74) is 0. The normalized spacial score (nSPS) is 43.6. The summed E-state index contributed by atoms with van der Waals surface area (Å²) in [7, 11) is 1.88. The van der Waals surface area contributed by atoms with Crippen LogP contribution in [-0.4, -0.2) is 48.8 Å². The Morgan fingerprint density at radius 1 is 1.00 bits per heavy atom. The number of nitrogens with one attached hydrogen (secondary N) is 1. The molecule has 2 bridgehead atoms. The number of hydrogen-bond acceptors (Lipinski definition) is 3. The van der Waals surface area contributed by atoms with Gasteiger partial charge in [0.25, 0.3) is 0 Å². The fraction of sp³-hybridized carbons (Fsp3) is 1.00. The molecule has 19 heavy (non-hydrogen) atoms. The summed E-state index contributed by atoms with van der Waals surface area (Å²) >= 11 is 0. The smallest absolute Gasteiger partial charge is 0.0586 e. The number of hydrogen-bond donors (Lipinski definition) is 1. The van der Waals surface area contributed by atoms with Gasteiger partial charge in [0, 0.05) is 31.3 Å². The Labute approximate surface area is 118 Å². The third-order valence-corrected chi connectivity index (χ3v) is 5.64. The van der Waals surface area contributed by atoms with Gasteiger partial charge < -0.3 is 10.1 Å². The van der Waals surface area contributed by atoms with Crippen molar-refractivity contribution in [3.63, 3.8) is 0 Å². The van der Waals surface area contributed by atoms with Crippen LogP contribution >= 0.6 is 0 Å². The Morgan fingerprint density at radius 2 is 1.68 bits per heavy atom. The molecule has 0 aromatic rings. The molecule has 110 valence electrons. The first-order valence-corrected chi connectivity index (χ1v) is 8.35. The molecule has 2 heterocycles. The minimum Gasteiger partial charge on any atom is -0.381 e. The van der Waals surface area contributed by atoms with E-state index >= 15 is 0 Å². The van der Waals surface area contributed by atoms with Gasteiger partial charge in [0.05, 0.1) is 6.10 Å². The van der Waals surface area contributed by atoms with Gasteiger partial charge in [-0.1, -0.05) is 13.3 Å². The fourth-order valence-corrected chi connectivity index (χ4v) is 4.87. The molecule has 1 N–H and O–H groups in total. The topological polar surface area (TPSA) is 24.5 Å². The van der Waals surface area contributed by atoms with Gasteiger partial charge in [0.15, 0.2) is 0 Å². The van der Waals surface area contributed by atoms with Crippen molar-refractivity contribution in [3.8, 4) is 0 Å². The van der Waals surface area contributed by atoms with Gasteiger partial charge in [0.2, 0.25) is 0 Å². The molecule has 0 spiro atoms. The second kappa shape index (κ2) is 6.11. The Kier molecular flexibility index (Phi) is 4.45. The van der Waals surface area contributed by atoms with Gasteiger partial charge in [-0.15, -0.1) is 0 Å². The Hall–Kier alpha value is -0.120. The fourth-order valence-electron chi connectivity index (χ4n) is 4.87. The summed E-state index contributed by atoms with van der Waals surface area (Å²) in [6, 6.07) is 3.27. The van der Waals surface area contributed by atoms with E-state index in [2.05, 4.69) is 17.1 Å². The highest BCUT2D eigenvalue weighted by Gasteiger charge is 2.43. The van der Waals surface area contributed by atoms with Crippen molar-refractivity contribution in [3.05, 3.63) is 0 Å². The van der Waals surface area contributed by atoms with E-state index < -0.39 is 0 Å². The molecular weight excluding hydrogens is 236 g/mol. The Balaban J connectivity index is 1.65. The number of methoxy groups -OCH3 is 1. The third kappa shape index (κ3) is 2.84. The van der Waals surface area contributed by atoms with E-state index in [0.29, 0.717) is 6.10 Å². The summed E-state index contributed by atoms with van der Waals surface area (Å²) in [5.74, 6) is 0. The van der Waals surface area contributed by atoms with Crippen LogP contribution in [0.4, 0.5) is 0 Å². The van der Waals surface area contributed by atoms with E-state index in [9.17, 15) is 0 Å². The lowest BCUT2D eigenvalue weighted by atomic mass is 9.80. The molecule has 0 amide bonds. The molecule has 1 aliphatic carbocycles. The predicted molar refractivity (Wildman–Crippen MR) is 78.4 cm³/mol. The molecule has 3 rings (SSSR count). The zero-order chi connectivity index (χ0) is 13.2. The lowest BCUT2D eigenvalue weighted by molar-refractivity contribution is -0.0139. The summed E-state index contributed by atoms with van der Waals surface area (Å²) < 4.78 is 5.58. The van der Waals surface area contributed by atoms with Crippen molar-refractivity contribution in [1.82, 2.24) is 10.2 Å². The molecule has 3 heteroatoms. The van der Waals surface area contributed by atoms with E-state index in [4.69, 9.17) is 4.74 Å². The number of ether oxygens (including phenoxy) is 1. The first-order valence-electron chi connectivity index (χ1n) is 8.35. The molecule has 2 saturated heterocycles. The van der Waals surface area contributed by atoms with Gasteiger partial charge in [0.1, 0.15) is 0 Å². The summed E-state index contributed by atoms with van der Waals surface area (Å²) in [4.78, 5) is 2.91. The van der Waals surface area contributed by atoms with Crippen molar-refractivity contribution in [2.24, 2.45) is 0 Å². The number of rotatable bonds is 4. The van der Waals surface area contributed by atoms with Crippen molar-refractivity contribution >= 4 is 0 Å². The number of piperidine rings is 2. The maximum atomic E-state index is 5.58. The van der Waals surface area contributed by atoms with Crippen LogP contribution in [-0.2, 0) is 4.74 Å². The van der Waals surface area contributed by atoms with Crippen LogP contribution in [0.5, 0.6) is 0 Å². The second-order valence-electron chi connectivity index (χ2n) is 6.74. The number of fused-ring (bicyclic) bond motifs is 2. The van der Waals surface area contributed by atoms with Gasteiger partial charge in [-0.3, -0.25) is 4.90 Å². The van der Waals surface area contributed by atoms with Gasteiger partial charge in [-0.25, -0.2) is 0 Å². The first kappa shape index (κ1) is 13.8. The minimum atomic E-state index is 0.525. The van der Waals surface area contributed by atoms with Crippen LogP contribution in [0.2, 0.25) is 0 Å². The maximum Gasteiger partial charge on any atom is 0.0586 e. The molecule has 4 unspecified atom stereocenters. The monoisotopic (exact) mass is 266 g/mol. The number of nitrogens with zero attached hydrogens (tertiary/aromatic N) is 1. The summed E-state index contributed by atoms with van der Waals surface area (Å²) in [6.45, 7) is 3.36. The zero-order valence-corrected chi connectivity index (χ0v) is 12.6. The Morgan fingerprint density at radius 3 is 2.26 bits per heavy atom. The summed E-state index contributed by atoms with van der Waals surface area (Å²) in [5, 5.41) is 3.69. The van der Waals surface area contributed by atoms with E-state index in [1.165, 1.54) is 51.4 Å². The van der Waals surface area contributed by atoms with Crippen LogP contribution in [0.25, 0.3) is 0 Å². The van der Waals surface area contributed by atoms with Crippen LogP contribution in [0.3, 0.4) is 0 Å². The second-order valence-corrected chi connectivity index (χ2v) is 6.74. The van der Waals surface area contributed by atoms with Crippen LogP contribution < -0.4 is 5.32 Å². The van der Waals surface area contributed by atoms with Crippen molar-refractivity contribution in [2.45, 2.75) is 88.6 Å². The predicted octanol–water partition coefficient (Wildman–Crippen LogP) is 2.55. The molecular formula is C16H30N2O. The lowest BCUT2D eigenvalue weighted by Gasteiger charge is -2.52. The SMILES string of the molecule is CCNC1CC2CCCC(C1)N2C1CCC(OC)C1. The Bertz CT molecular complexity index is 282. The molecule has 3 aliphatic rings. The van der Waals surface area contributed by atoms with Crippen LogP contribution in [0.15, 0.2) is 0 Å². The molecule has 0 aromatic carbocycles. The molecule has 1 saturated carbocycles. The average Bonchev–Trinajstić information content (AvgIpc) is 2.86. The highest BCUT2D eigenvalue weighted by Crippen LogP contribution is 2.39. The van der Waals surface area contributed by atoms with Crippen molar-refractivity contribution in [2.75, 3.05) is 13.7 Å². The standard InChI is InChI=1S/C16H30N2O/c1-3-17-12-9-13-5-4-6-14(10-12)18(13)15-7-8-16(11-15)19-2/h12-17H,3-11H2,1-2H3. The van der Waals surface area contributed by atoms with Gasteiger partial charge in [-0.05, 0) is 51.5 Å². The highest BCUT2D eigenvalue weighted by molar-refractivity contribution is 4.99. The van der Waals surface area contributed by atoms with E-state index in [1.807, 2.05) is 7.11 Å². The first-order chi connectivity index (χ1) is 9.31. The molecule has 3 fully saturated rings. The average molecular weight is 266 g/mol. The molecule has 0 radical (unpaired) electrons. The largest absolute Gasteiger partial charge is 0.381 e. The van der Waals surface area contributed by atoms with Gasteiger partial charge >= 0.3 is 0 Å². The molecule has 3 nitrogen and oxygen atoms in total. The van der Waals surface area contributed by atoms with Crippen LogP contribution in [0.1, 0.15) is 58.3 Å². The molecule has 2 aliphatic heterocycles. The van der Waals surface area contributed by atoms with E-state index in [0.717, 1.165) is 30.7 Å². The molecule has 4 atom stereocenters. The quantitative estimate of drug-likeness (QED) is 0.846. The van der Waals surface area contributed by atoms with E-state index in [-0.39, 0.29) is 0 Å². The van der Waals surface area contributed by atoms with Gasteiger partial charge in [-0.2, -0.15) is 0 Å². The van der Waals surface area contributed by atoms with Crippen molar-refractivity contribution in [1.29, 1.82) is 0 Å². The zero-order valence-electron chi connectivity index (χ0n) is 12.6. The minimum absolute atomic E-state index is 0.525. The third-order valence-electron chi connectivity index (χ3n) is 5.64. The summed E-state index contributed by atoms with van der Waals surface area (Å²) in [6.07, 6.45) is 11.5. The van der Waals surface area contributed by atoms with E-state index in [1.54, 1.807) is 0 Å². The maximum absolute atomic E-state index is 5.58. The molecule has 0 aromatic heterocycles. The lowest BCUT2D eigenvalue weighted by Crippen LogP contribution is -2.59.